The van der Waals surface area contributed by atoms with Gasteiger partial charge in [0, 0.05) is 12.5 Å². The molecule has 0 aromatic carbocycles. The number of carbonyl (C=O) groups excluding carboxylic acids is 1. The molecule has 1 fully saturated rings. The average molecular weight is 294 g/mol. The molecule has 0 amide bonds. The van der Waals surface area contributed by atoms with E-state index in [0.29, 0.717) is 12.3 Å². The minimum absolute atomic E-state index is 0.169. The van der Waals surface area contributed by atoms with Crippen LogP contribution in [0.15, 0.2) is 37.0 Å². The first kappa shape index (κ1) is 19.7. The van der Waals surface area contributed by atoms with Gasteiger partial charge in [-0.15, -0.1) is 0 Å². The summed E-state index contributed by atoms with van der Waals surface area (Å²) in [5.74, 6) is -0.0893. The number of hydrogen-bond acceptors (Lipinski definition) is 3. The second kappa shape index (κ2) is 12.4. The number of aliphatic hydroxyl groups excluding tert-OH is 1. The number of rotatable bonds is 7. The normalized spacial score (nSPS) is 18.3. The number of allylic oxidation sites excluding steroid dienone is 2. The number of esters is 1. The number of ether oxygens (including phenoxy) is 1. The van der Waals surface area contributed by atoms with Crippen LogP contribution in [-0.4, -0.2) is 23.3 Å². The molecule has 0 spiro atoms. The highest BCUT2D eigenvalue weighted by molar-refractivity contribution is 5.82. The van der Waals surface area contributed by atoms with E-state index in [4.69, 9.17) is 4.74 Å². The van der Waals surface area contributed by atoms with Crippen molar-refractivity contribution in [3.63, 3.8) is 0 Å². The van der Waals surface area contributed by atoms with Gasteiger partial charge < -0.3 is 9.84 Å². The predicted octanol–water partition coefficient (Wildman–Crippen LogP) is 4.18. The van der Waals surface area contributed by atoms with Gasteiger partial charge in [0.1, 0.15) is 6.10 Å². The van der Waals surface area contributed by atoms with Crippen LogP contribution in [0.3, 0.4) is 0 Å². The zero-order valence-corrected chi connectivity index (χ0v) is 13.6. The number of hydrogen-bond donors (Lipinski definition) is 1. The maximum atomic E-state index is 11.5. The Morgan fingerprint density at radius 2 is 2.00 bits per heavy atom. The van der Waals surface area contributed by atoms with Crippen molar-refractivity contribution < 1.29 is 14.6 Å². The van der Waals surface area contributed by atoms with E-state index in [-0.39, 0.29) is 6.10 Å². The van der Waals surface area contributed by atoms with Crippen LogP contribution in [0.1, 0.15) is 52.9 Å². The molecular formula is C18H30O3. The molecular weight excluding hydrogens is 264 g/mol. The van der Waals surface area contributed by atoms with Crippen LogP contribution < -0.4 is 0 Å². The monoisotopic (exact) mass is 294 g/mol. The third kappa shape index (κ3) is 9.24. The summed E-state index contributed by atoms with van der Waals surface area (Å²) in [7, 11) is 0. The van der Waals surface area contributed by atoms with Crippen LogP contribution in [0.5, 0.6) is 0 Å². The first-order chi connectivity index (χ1) is 10.1. The predicted molar refractivity (Wildman–Crippen MR) is 88.0 cm³/mol. The molecule has 1 aliphatic rings. The van der Waals surface area contributed by atoms with Gasteiger partial charge in [0.2, 0.25) is 0 Å². The Labute approximate surface area is 129 Å². The van der Waals surface area contributed by atoms with E-state index >= 15 is 0 Å². The van der Waals surface area contributed by atoms with Crippen molar-refractivity contribution in [3.8, 4) is 0 Å². The lowest BCUT2D eigenvalue weighted by molar-refractivity contribution is -0.142. The van der Waals surface area contributed by atoms with Crippen LogP contribution in [0, 0.1) is 5.92 Å². The largest absolute Gasteiger partial charge is 0.459 e. The van der Waals surface area contributed by atoms with Gasteiger partial charge in [0.05, 0.1) is 6.10 Å². The lowest BCUT2D eigenvalue weighted by atomic mass is 10.0. The highest BCUT2D eigenvalue weighted by Gasteiger charge is 2.21. The first-order valence-electron chi connectivity index (χ1n) is 7.98. The van der Waals surface area contributed by atoms with Gasteiger partial charge in [0.15, 0.2) is 0 Å². The second-order valence-corrected chi connectivity index (χ2v) is 5.04. The zero-order chi connectivity index (χ0) is 16.1. The zero-order valence-electron chi connectivity index (χ0n) is 13.6. The molecule has 120 valence electrons. The van der Waals surface area contributed by atoms with Gasteiger partial charge in [0.25, 0.3) is 0 Å². The number of carbonyl (C=O) groups is 1. The molecule has 1 rings (SSSR count). The van der Waals surface area contributed by atoms with Gasteiger partial charge in [-0.25, -0.2) is 4.79 Å². The van der Waals surface area contributed by atoms with Crippen LogP contribution in [0.2, 0.25) is 0 Å². The molecule has 0 aromatic rings. The Hall–Kier alpha value is -1.35. The number of aliphatic hydroxyl groups is 1. The molecule has 0 heterocycles. The molecule has 1 aliphatic carbocycles. The minimum Gasteiger partial charge on any atom is -0.459 e. The molecule has 0 bridgehead atoms. The Balaban J connectivity index is 0.00000191. The molecule has 3 nitrogen and oxygen atoms in total. The molecule has 1 saturated carbocycles. The highest BCUT2D eigenvalue weighted by atomic mass is 16.5. The summed E-state index contributed by atoms with van der Waals surface area (Å²) in [6, 6.07) is 0. The van der Waals surface area contributed by atoms with Crippen molar-refractivity contribution in [2.45, 2.75) is 65.1 Å². The van der Waals surface area contributed by atoms with Crippen molar-refractivity contribution in [3.05, 3.63) is 37.0 Å². The average Bonchev–Trinajstić information content (AvgIpc) is 3.01. The molecule has 0 aliphatic heterocycles. The maximum absolute atomic E-state index is 11.5. The fourth-order valence-corrected chi connectivity index (χ4v) is 2.29. The van der Waals surface area contributed by atoms with Crippen molar-refractivity contribution in [2.24, 2.45) is 5.92 Å². The van der Waals surface area contributed by atoms with Crippen LogP contribution in [-0.2, 0) is 9.53 Å². The molecule has 3 heteroatoms. The van der Waals surface area contributed by atoms with Crippen molar-refractivity contribution in [1.29, 1.82) is 0 Å². The summed E-state index contributed by atoms with van der Waals surface area (Å²) in [4.78, 5) is 11.5. The van der Waals surface area contributed by atoms with Gasteiger partial charge in [-0.05, 0) is 31.8 Å². The van der Waals surface area contributed by atoms with Gasteiger partial charge >= 0.3 is 5.97 Å². The smallest absolute Gasteiger partial charge is 0.330 e. The van der Waals surface area contributed by atoms with Gasteiger partial charge in [-0.2, -0.15) is 0 Å². The lowest BCUT2D eigenvalue weighted by Crippen LogP contribution is -2.16. The van der Waals surface area contributed by atoms with Crippen LogP contribution >= 0.6 is 0 Å². The Morgan fingerprint density at radius 1 is 1.38 bits per heavy atom. The molecule has 0 aromatic heterocycles. The standard InChI is InChI=1S/C16H24O3.C2H6/c1-3-4-5-8-13(2)19-16(18)12-11-15(17)14-9-6-7-10-14;1-2/h3-5,11-15,17H,1,6-10H2,2H3;1-2H3/b5-4+,12-11+;/t13?,15-;/m1./s1. The van der Waals surface area contributed by atoms with Gasteiger partial charge in [-0.1, -0.05) is 51.5 Å². The summed E-state index contributed by atoms with van der Waals surface area (Å²) in [5.41, 5.74) is 0. The Kier molecular flexibility index (Phi) is 11.6. The van der Waals surface area contributed by atoms with E-state index in [9.17, 15) is 9.90 Å². The minimum atomic E-state index is -0.522. The fourth-order valence-electron chi connectivity index (χ4n) is 2.29. The third-order valence-corrected chi connectivity index (χ3v) is 3.37. The lowest BCUT2D eigenvalue weighted by Gasteiger charge is -2.13. The van der Waals surface area contributed by atoms with E-state index in [2.05, 4.69) is 6.58 Å². The van der Waals surface area contributed by atoms with E-state index < -0.39 is 12.1 Å². The fraction of sp³-hybridized carbons (Fsp3) is 0.611. The molecule has 0 saturated heterocycles. The van der Waals surface area contributed by atoms with E-state index in [0.717, 1.165) is 12.8 Å². The van der Waals surface area contributed by atoms with E-state index in [1.807, 2.05) is 32.9 Å². The molecule has 2 atom stereocenters. The summed E-state index contributed by atoms with van der Waals surface area (Å²) in [6.07, 6.45) is 12.7. The van der Waals surface area contributed by atoms with Gasteiger partial charge in [-0.3, -0.25) is 0 Å². The maximum Gasteiger partial charge on any atom is 0.330 e. The van der Waals surface area contributed by atoms with E-state index in [1.165, 1.54) is 18.9 Å². The Bertz CT molecular complexity index is 338. The summed E-state index contributed by atoms with van der Waals surface area (Å²) in [6.45, 7) is 9.41. The topological polar surface area (TPSA) is 46.5 Å². The molecule has 21 heavy (non-hydrogen) atoms. The van der Waals surface area contributed by atoms with Crippen molar-refractivity contribution >= 4 is 5.97 Å². The molecule has 1 N–H and O–H groups in total. The summed E-state index contributed by atoms with van der Waals surface area (Å²) in [5, 5.41) is 9.89. The highest BCUT2D eigenvalue weighted by Crippen LogP contribution is 2.28. The van der Waals surface area contributed by atoms with Crippen molar-refractivity contribution in [2.75, 3.05) is 0 Å². The quantitative estimate of drug-likeness (QED) is 0.435. The third-order valence-electron chi connectivity index (χ3n) is 3.37. The van der Waals surface area contributed by atoms with E-state index in [1.54, 1.807) is 12.2 Å². The first-order valence-corrected chi connectivity index (χ1v) is 7.98. The summed E-state index contributed by atoms with van der Waals surface area (Å²) < 4.78 is 5.19. The second-order valence-electron chi connectivity index (χ2n) is 5.04. The van der Waals surface area contributed by atoms with Crippen LogP contribution in [0.4, 0.5) is 0 Å². The Morgan fingerprint density at radius 3 is 2.57 bits per heavy atom. The molecule has 1 unspecified atom stereocenters. The SMILES string of the molecule is C=C/C=C/CC(C)OC(=O)/C=C/[C@@H](O)C1CCCC1.CC. The van der Waals surface area contributed by atoms with Crippen molar-refractivity contribution in [1.82, 2.24) is 0 Å². The molecule has 0 radical (unpaired) electrons. The van der Waals surface area contributed by atoms with Crippen LogP contribution in [0.25, 0.3) is 0 Å². The summed E-state index contributed by atoms with van der Waals surface area (Å²) >= 11 is 0.